The van der Waals surface area contributed by atoms with Gasteiger partial charge in [-0.05, 0) is 27.5 Å². The fraction of sp³-hybridized carbons (Fsp3) is 0.158. The largest absolute Gasteiger partial charge is 0.255 e. The molecule has 0 spiro atoms. The van der Waals surface area contributed by atoms with Gasteiger partial charge < -0.3 is 0 Å². The van der Waals surface area contributed by atoms with Crippen LogP contribution in [0.25, 0.3) is 0 Å². The third-order valence-electron chi connectivity index (χ3n) is 8.64. The first-order valence-electron chi connectivity index (χ1n) is 15.4. The molecule has 1 aliphatic carbocycles. The molecule has 43 heavy (non-hydrogen) atoms. The molecule has 1 fully saturated rings. The third kappa shape index (κ3) is 6.63. The van der Waals surface area contributed by atoms with Crippen LogP contribution in [0, 0.1) is 0 Å². The van der Waals surface area contributed by atoms with Crippen LogP contribution in [0.4, 0.5) is 0 Å². The number of aryl methyl sites for hydroxylation is 1. The Morgan fingerprint density at radius 3 is 1.63 bits per heavy atom. The normalized spacial score (nSPS) is 12.7. The second-order valence-corrected chi connectivity index (χ2v) is 15.3. The van der Waals surface area contributed by atoms with Crippen molar-refractivity contribution in [3.8, 4) is 0 Å². The summed E-state index contributed by atoms with van der Waals surface area (Å²) in [6.07, 6.45) is 8.08. The molecule has 5 aromatic carbocycles. The van der Waals surface area contributed by atoms with Gasteiger partial charge in [0.2, 0.25) is 6.71 Å². The van der Waals surface area contributed by atoms with Crippen molar-refractivity contribution in [2.45, 2.75) is 38.2 Å². The number of aromatic nitrogens is 3. The molecule has 0 bridgehead atoms. The summed E-state index contributed by atoms with van der Waals surface area (Å²) in [5, 5.41) is 8.65. The van der Waals surface area contributed by atoms with E-state index in [2.05, 4.69) is 163 Å². The van der Waals surface area contributed by atoms with Crippen LogP contribution in [-0.4, -0.2) is 29.6 Å². The minimum atomic E-state index is -2.32. The average Bonchev–Trinajstić information content (AvgIpc) is 3.79. The van der Waals surface area contributed by atoms with Gasteiger partial charge in [0.05, 0.1) is 0 Å². The van der Waals surface area contributed by atoms with E-state index in [0.29, 0.717) is 6.71 Å². The summed E-state index contributed by atoms with van der Waals surface area (Å²) in [4.78, 5) is 4.20. The van der Waals surface area contributed by atoms with E-state index in [1.54, 1.807) is 6.33 Å². The first-order chi connectivity index (χ1) is 21.3. The molecule has 3 nitrogen and oxygen atoms in total. The number of benzene rings is 5. The van der Waals surface area contributed by atoms with E-state index in [1.165, 1.54) is 44.9 Å². The fourth-order valence-corrected chi connectivity index (χ4v) is 10.9. The van der Waals surface area contributed by atoms with Gasteiger partial charge in [-0.3, -0.25) is 4.68 Å². The molecule has 0 aliphatic heterocycles. The van der Waals surface area contributed by atoms with Crippen LogP contribution in [0.15, 0.2) is 158 Å². The van der Waals surface area contributed by atoms with Crippen LogP contribution in [0.1, 0.15) is 25.3 Å². The second kappa shape index (κ2) is 13.7. The molecule has 1 aliphatic rings. The summed E-state index contributed by atoms with van der Waals surface area (Å²) in [5.41, 5.74) is 4.31. The summed E-state index contributed by atoms with van der Waals surface area (Å²) in [6, 6.07) is 52.8. The summed E-state index contributed by atoms with van der Waals surface area (Å²) in [5.74, 6) is 0.866. The van der Waals surface area contributed by atoms with Gasteiger partial charge in [0, 0.05) is 6.17 Å². The highest BCUT2D eigenvalue weighted by molar-refractivity contribution is 7.10. The Kier molecular flexibility index (Phi) is 9.10. The molecule has 0 amide bonds. The van der Waals surface area contributed by atoms with Crippen molar-refractivity contribution in [2.75, 3.05) is 0 Å². The molecule has 6 aromatic rings. The van der Waals surface area contributed by atoms with Crippen molar-refractivity contribution in [2.24, 2.45) is 0 Å². The van der Waals surface area contributed by atoms with Crippen molar-refractivity contribution in [1.29, 1.82) is 0 Å². The second-order valence-electron chi connectivity index (χ2n) is 11.4. The van der Waals surface area contributed by atoms with Crippen LogP contribution in [0.5, 0.6) is 0 Å². The lowest BCUT2D eigenvalue weighted by Crippen LogP contribution is -2.69. The summed E-state index contributed by atoms with van der Waals surface area (Å²) in [6.45, 7) is 2.83. The van der Waals surface area contributed by atoms with Gasteiger partial charge in [-0.1, -0.05) is 182 Å². The van der Waals surface area contributed by atoms with Crippen molar-refractivity contribution in [3.63, 3.8) is 0 Å². The topological polar surface area (TPSA) is 30.7 Å². The highest BCUT2D eigenvalue weighted by Crippen LogP contribution is 2.38. The lowest BCUT2D eigenvalue weighted by Gasteiger charge is -2.33. The zero-order valence-corrected chi connectivity index (χ0v) is 25.8. The van der Waals surface area contributed by atoms with Gasteiger partial charge in [0.15, 0.2) is 8.07 Å². The molecule has 0 N–H and O–H groups in total. The van der Waals surface area contributed by atoms with Crippen LogP contribution in [0.2, 0.25) is 5.82 Å². The third-order valence-corrected chi connectivity index (χ3v) is 13.4. The minimum Gasteiger partial charge on any atom is -0.255 e. The number of hydrogen-bond donors (Lipinski definition) is 0. The molecule has 1 heterocycles. The molecule has 212 valence electrons. The molecular formula is C38H38BN3Si. The lowest BCUT2D eigenvalue weighted by molar-refractivity contribution is 0.729. The molecule has 0 unspecified atom stereocenters. The standard InChI is InChI=1S/C23H23N3Si.C15H15B/c1-2-20-10-9-15-23(16-20)27(19-26-18-24-17-25-26,21-11-5-3-6-12-21)22-13-7-4-8-14-22;1-3-7-13(8-4-1)16(15-11-12-15)14-9-5-2-6-10-14/h3-18H,2,19H2,1H3;1-10,15H,11-12H2. The number of hydrogen-bond acceptors (Lipinski definition) is 2. The molecule has 5 heteroatoms. The zero-order valence-electron chi connectivity index (χ0n) is 24.8. The number of rotatable bonds is 9. The van der Waals surface area contributed by atoms with E-state index in [4.69, 9.17) is 0 Å². The van der Waals surface area contributed by atoms with Gasteiger partial charge in [0.1, 0.15) is 12.7 Å². The van der Waals surface area contributed by atoms with Gasteiger partial charge in [-0.25, -0.2) is 4.98 Å². The van der Waals surface area contributed by atoms with Crippen LogP contribution >= 0.6 is 0 Å². The van der Waals surface area contributed by atoms with Crippen molar-refractivity contribution < 1.29 is 0 Å². The molecular weight excluding hydrogens is 537 g/mol. The lowest BCUT2D eigenvalue weighted by atomic mass is 9.37. The van der Waals surface area contributed by atoms with Crippen LogP contribution < -0.4 is 26.5 Å². The highest BCUT2D eigenvalue weighted by Gasteiger charge is 2.40. The smallest absolute Gasteiger partial charge is 0.212 e. The predicted molar refractivity (Wildman–Crippen MR) is 184 cm³/mol. The molecule has 0 saturated heterocycles. The minimum absolute atomic E-state index is 0.613. The maximum Gasteiger partial charge on any atom is 0.212 e. The van der Waals surface area contributed by atoms with E-state index in [9.17, 15) is 0 Å². The molecule has 1 saturated carbocycles. The predicted octanol–water partition coefficient (Wildman–Crippen LogP) is 5.01. The Labute approximate surface area is 257 Å². The summed E-state index contributed by atoms with van der Waals surface area (Å²) < 4.78 is 1.99. The summed E-state index contributed by atoms with van der Waals surface area (Å²) >= 11 is 0. The van der Waals surface area contributed by atoms with E-state index >= 15 is 0 Å². The first-order valence-corrected chi connectivity index (χ1v) is 17.6. The average molecular weight is 576 g/mol. The Balaban J connectivity index is 0.000000174. The van der Waals surface area contributed by atoms with E-state index in [1.807, 2.05) is 11.0 Å². The van der Waals surface area contributed by atoms with E-state index in [-0.39, 0.29) is 0 Å². The Bertz CT molecular complexity index is 1590. The van der Waals surface area contributed by atoms with Gasteiger partial charge in [0.25, 0.3) is 0 Å². The van der Waals surface area contributed by atoms with Gasteiger partial charge >= 0.3 is 0 Å². The molecule has 7 rings (SSSR count). The Morgan fingerprint density at radius 1 is 0.651 bits per heavy atom. The Morgan fingerprint density at radius 2 is 1.16 bits per heavy atom. The summed E-state index contributed by atoms with van der Waals surface area (Å²) in [7, 11) is -2.32. The van der Waals surface area contributed by atoms with Gasteiger partial charge in [-0.2, -0.15) is 5.10 Å². The van der Waals surface area contributed by atoms with Crippen molar-refractivity contribution in [3.05, 3.63) is 164 Å². The van der Waals surface area contributed by atoms with Gasteiger partial charge in [-0.15, -0.1) is 0 Å². The van der Waals surface area contributed by atoms with Crippen LogP contribution in [-0.2, 0) is 12.6 Å². The van der Waals surface area contributed by atoms with E-state index < -0.39 is 8.07 Å². The highest BCUT2D eigenvalue weighted by atomic mass is 28.3. The first kappa shape index (κ1) is 28.6. The molecule has 0 radical (unpaired) electrons. The monoisotopic (exact) mass is 575 g/mol. The quantitative estimate of drug-likeness (QED) is 0.179. The van der Waals surface area contributed by atoms with E-state index in [0.717, 1.165) is 18.4 Å². The Hall–Kier alpha value is -4.48. The maximum absolute atomic E-state index is 4.46. The van der Waals surface area contributed by atoms with Crippen LogP contribution in [0.3, 0.4) is 0 Å². The molecule has 0 atom stereocenters. The fourth-order valence-electron chi connectivity index (χ4n) is 6.32. The zero-order chi connectivity index (χ0) is 29.3. The van der Waals surface area contributed by atoms with Crippen molar-refractivity contribution in [1.82, 2.24) is 14.8 Å². The molecule has 1 aromatic heterocycles. The maximum atomic E-state index is 4.46. The number of nitrogens with zero attached hydrogens (tertiary/aromatic N) is 3. The van der Waals surface area contributed by atoms with Crippen molar-refractivity contribution >= 4 is 41.3 Å². The SMILES string of the molecule is CCc1cccc([Si](Cn2cncn2)(c2ccccc2)c2ccccc2)c1.c1ccc(B(c2ccccc2)C2CC2)cc1.